The molecule has 154 valence electrons. The number of rotatable bonds is 16. The molecule has 0 spiro atoms. The lowest BCUT2D eigenvalue weighted by Gasteiger charge is -2.22. The van der Waals surface area contributed by atoms with E-state index in [1.165, 1.54) is 11.9 Å². The van der Waals surface area contributed by atoms with Crippen LogP contribution in [0.25, 0.3) is 0 Å². The Bertz CT molecular complexity index is 375. The van der Waals surface area contributed by atoms with E-state index in [2.05, 4.69) is 15.2 Å². The summed E-state index contributed by atoms with van der Waals surface area (Å²) >= 11 is 1.28. The van der Waals surface area contributed by atoms with Gasteiger partial charge in [0.05, 0.1) is 6.61 Å². The first-order chi connectivity index (χ1) is 12.5. The molecule has 26 heavy (non-hydrogen) atoms. The molecule has 2 amide bonds. The van der Waals surface area contributed by atoms with Gasteiger partial charge in [0, 0.05) is 32.5 Å². The molecule has 0 rings (SSSR count). The fraction of sp³-hybridized carbons (Fsp3) is 0.867. The average Bonchev–Trinajstić information content (AvgIpc) is 2.62. The summed E-state index contributed by atoms with van der Waals surface area (Å²) in [5, 5.41) is 2.82. The number of ether oxygens (including phenoxy) is 1. The summed E-state index contributed by atoms with van der Waals surface area (Å²) in [4.78, 5) is 18.1. The van der Waals surface area contributed by atoms with Crippen LogP contribution in [0.3, 0.4) is 0 Å². The number of hydrogen-bond acceptors (Lipinski definition) is 7. The monoisotopic (exact) mass is 392 g/mol. The summed E-state index contributed by atoms with van der Waals surface area (Å²) in [7, 11) is 1.69. The maximum atomic E-state index is 11.9. The SMILES string of the molecule is COCCN(CCCN)CCCNC(=O)N(N)SCCCCN=C(N)N. The second-order valence-electron chi connectivity index (χ2n) is 5.73. The van der Waals surface area contributed by atoms with Crippen LogP contribution in [-0.2, 0) is 4.74 Å². The quantitative estimate of drug-likeness (QED) is 0.0436. The number of guanidine groups is 1. The fourth-order valence-electron chi connectivity index (χ4n) is 2.09. The highest BCUT2D eigenvalue weighted by atomic mass is 32.2. The minimum Gasteiger partial charge on any atom is -0.383 e. The lowest BCUT2D eigenvalue weighted by molar-refractivity contribution is 0.146. The molecule has 10 nitrogen and oxygen atoms in total. The van der Waals surface area contributed by atoms with E-state index >= 15 is 0 Å². The van der Waals surface area contributed by atoms with E-state index in [-0.39, 0.29) is 12.0 Å². The van der Waals surface area contributed by atoms with Gasteiger partial charge in [-0.3, -0.25) is 4.99 Å². The standard InChI is InChI=1S/C15H36N8O2S/c1-25-12-11-22(9-4-6-16)10-5-8-21-15(24)23(19)26-13-3-2-7-20-14(17)18/h2-13,16,19H2,1H3,(H,21,24)(H4,17,18,20). The Morgan fingerprint density at radius 3 is 2.54 bits per heavy atom. The summed E-state index contributed by atoms with van der Waals surface area (Å²) in [5.41, 5.74) is 16.1. The predicted octanol–water partition coefficient (Wildman–Crippen LogP) is -0.739. The van der Waals surface area contributed by atoms with Crippen LogP contribution < -0.4 is 28.4 Å². The van der Waals surface area contributed by atoms with Crippen molar-refractivity contribution in [3.05, 3.63) is 0 Å². The van der Waals surface area contributed by atoms with Crippen molar-refractivity contribution in [1.82, 2.24) is 14.6 Å². The van der Waals surface area contributed by atoms with Crippen molar-refractivity contribution in [2.24, 2.45) is 28.0 Å². The molecule has 0 saturated carbocycles. The zero-order valence-corrected chi connectivity index (χ0v) is 16.7. The zero-order chi connectivity index (χ0) is 19.6. The Morgan fingerprint density at radius 1 is 1.15 bits per heavy atom. The number of hydrazine groups is 1. The Balaban J connectivity index is 3.78. The molecule has 0 aromatic rings. The van der Waals surface area contributed by atoms with Crippen molar-refractivity contribution in [3.63, 3.8) is 0 Å². The topological polar surface area (TPSA) is 161 Å². The largest absolute Gasteiger partial charge is 0.383 e. The van der Waals surface area contributed by atoms with Gasteiger partial charge in [0.2, 0.25) is 0 Å². The molecule has 9 N–H and O–H groups in total. The Morgan fingerprint density at radius 2 is 1.88 bits per heavy atom. The van der Waals surface area contributed by atoms with Gasteiger partial charge in [0.25, 0.3) is 0 Å². The van der Waals surface area contributed by atoms with Crippen molar-refractivity contribution in [1.29, 1.82) is 0 Å². The molecule has 0 saturated heterocycles. The molecule has 0 heterocycles. The highest BCUT2D eigenvalue weighted by molar-refractivity contribution is 7.97. The number of methoxy groups -OCH3 is 1. The molecular weight excluding hydrogens is 356 g/mol. The summed E-state index contributed by atoms with van der Waals surface area (Å²) < 4.78 is 6.25. The number of unbranched alkanes of at least 4 members (excludes halogenated alkanes) is 1. The molecule has 0 radical (unpaired) electrons. The fourth-order valence-corrected chi connectivity index (χ4v) is 2.80. The average molecular weight is 393 g/mol. The molecule has 0 aliphatic heterocycles. The molecule has 0 fully saturated rings. The van der Waals surface area contributed by atoms with Gasteiger partial charge < -0.3 is 32.2 Å². The van der Waals surface area contributed by atoms with Crippen LogP contribution in [0.5, 0.6) is 0 Å². The van der Waals surface area contributed by atoms with Crippen LogP contribution >= 0.6 is 11.9 Å². The zero-order valence-electron chi connectivity index (χ0n) is 15.9. The summed E-state index contributed by atoms with van der Waals surface area (Å²) in [5.74, 6) is 6.56. The van der Waals surface area contributed by atoms with E-state index in [1.807, 2.05) is 0 Å². The number of carbonyl (C=O) groups excluding carboxylic acids is 1. The molecule has 0 bridgehead atoms. The number of carbonyl (C=O) groups is 1. The minimum atomic E-state index is -0.287. The third-order valence-corrected chi connectivity index (χ3v) is 4.41. The smallest absolute Gasteiger partial charge is 0.342 e. The van der Waals surface area contributed by atoms with Crippen molar-refractivity contribution >= 4 is 23.9 Å². The van der Waals surface area contributed by atoms with Gasteiger partial charge in [0.15, 0.2) is 5.96 Å². The van der Waals surface area contributed by atoms with Crippen molar-refractivity contribution in [2.45, 2.75) is 25.7 Å². The molecule has 0 aliphatic carbocycles. The highest BCUT2D eigenvalue weighted by Gasteiger charge is 2.09. The molecule has 0 aromatic heterocycles. The molecule has 11 heteroatoms. The second kappa shape index (κ2) is 17.2. The van der Waals surface area contributed by atoms with Gasteiger partial charge in [-0.1, -0.05) is 0 Å². The first-order valence-electron chi connectivity index (χ1n) is 8.93. The normalized spacial score (nSPS) is 10.8. The predicted molar refractivity (Wildman–Crippen MR) is 108 cm³/mol. The molecule has 0 aliphatic rings. The van der Waals surface area contributed by atoms with E-state index in [0.717, 1.165) is 55.5 Å². The van der Waals surface area contributed by atoms with Gasteiger partial charge in [0.1, 0.15) is 0 Å². The van der Waals surface area contributed by atoms with Gasteiger partial charge >= 0.3 is 6.03 Å². The lowest BCUT2D eigenvalue weighted by Crippen LogP contribution is -2.41. The summed E-state index contributed by atoms with van der Waals surface area (Å²) in [6.45, 7) is 5.20. The minimum absolute atomic E-state index is 0.0984. The van der Waals surface area contributed by atoms with Gasteiger partial charge in [-0.2, -0.15) is 0 Å². The maximum absolute atomic E-state index is 11.9. The van der Waals surface area contributed by atoms with Crippen LogP contribution in [0.1, 0.15) is 25.7 Å². The van der Waals surface area contributed by atoms with Crippen molar-refractivity contribution < 1.29 is 9.53 Å². The number of aliphatic imine (C=N–C) groups is 1. The van der Waals surface area contributed by atoms with Crippen molar-refractivity contribution in [3.8, 4) is 0 Å². The van der Waals surface area contributed by atoms with Gasteiger partial charge in [-0.15, -0.1) is 0 Å². The van der Waals surface area contributed by atoms with Gasteiger partial charge in [-0.25, -0.2) is 15.1 Å². The van der Waals surface area contributed by atoms with Crippen LogP contribution in [-0.4, -0.2) is 80.0 Å². The Labute approximate surface area is 161 Å². The molecule has 0 aromatic carbocycles. The maximum Gasteiger partial charge on any atom is 0.342 e. The van der Waals surface area contributed by atoms with Crippen LogP contribution in [0.4, 0.5) is 4.79 Å². The molecular formula is C15H36N8O2S. The van der Waals surface area contributed by atoms with E-state index in [4.69, 9.17) is 27.8 Å². The van der Waals surface area contributed by atoms with E-state index < -0.39 is 0 Å². The number of nitrogens with two attached hydrogens (primary N) is 4. The second-order valence-corrected chi connectivity index (χ2v) is 6.79. The number of urea groups is 1. The number of hydrogen-bond donors (Lipinski definition) is 5. The van der Waals surface area contributed by atoms with Gasteiger partial charge in [-0.05, 0) is 57.3 Å². The Kier molecular flexibility index (Phi) is 16.3. The first-order valence-corrected chi connectivity index (χ1v) is 9.87. The third kappa shape index (κ3) is 15.0. The molecule has 0 unspecified atom stereocenters. The number of nitrogens with one attached hydrogen (secondary N) is 1. The summed E-state index contributed by atoms with van der Waals surface area (Å²) in [6, 6.07) is -0.287. The Hall–Kier alpha value is -1.27. The van der Waals surface area contributed by atoms with Crippen LogP contribution in [0.2, 0.25) is 0 Å². The van der Waals surface area contributed by atoms with Crippen LogP contribution in [0.15, 0.2) is 4.99 Å². The van der Waals surface area contributed by atoms with Crippen molar-refractivity contribution in [2.75, 3.05) is 58.7 Å². The van der Waals surface area contributed by atoms with E-state index in [9.17, 15) is 4.79 Å². The third-order valence-electron chi connectivity index (χ3n) is 3.49. The molecule has 0 atom stereocenters. The summed E-state index contributed by atoms with van der Waals surface area (Å²) in [6.07, 6.45) is 3.52. The van der Waals surface area contributed by atoms with E-state index in [1.54, 1.807) is 7.11 Å². The lowest BCUT2D eigenvalue weighted by atomic mass is 10.3. The van der Waals surface area contributed by atoms with E-state index in [0.29, 0.717) is 26.2 Å². The number of amides is 2. The first kappa shape index (κ1) is 24.7. The van der Waals surface area contributed by atoms with Crippen LogP contribution in [0, 0.1) is 0 Å². The highest BCUT2D eigenvalue weighted by Crippen LogP contribution is 2.07. The number of nitrogens with zero attached hydrogens (tertiary/aromatic N) is 3.